The molecule has 0 saturated heterocycles. The van der Waals surface area contributed by atoms with Gasteiger partial charge in [-0.2, -0.15) is 0 Å². The van der Waals surface area contributed by atoms with Crippen molar-refractivity contribution in [2.45, 2.75) is 18.6 Å². The van der Waals surface area contributed by atoms with E-state index in [1.807, 2.05) is 35.7 Å². The number of methoxy groups -OCH3 is 1. The molecule has 0 bridgehead atoms. The van der Waals surface area contributed by atoms with E-state index in [4.69, 9.17) is 4.74 Å². The molecule has 7 heteroatoms. The Morgan fingerprint density at radius 2 is 2.00 bits per heavy atom. The molecule has 0 spiro atoms. The number of hydrogen-bond acceptors (Lipinski definition) is 5. The normalized spacial score (nSPS) is 18.0. The van der Waals surface area contributed by atoms with Crippen LogP contribution in [0.1, 0.15) is 38.3 Å². The smallest absolute Gasteiger partial charge is 0.254 e. The first-order chi connectivity index (χ1) is 15.1. The minimum atomic E-state index is -0.581. The molecule has 2 atom stereocenters. The average molecular weight is 437 g/mol. The number of benzene rings is 2. The lowest BCUT2D eigenvalue weighted by Gasteiger charge is -2.41. The van der Waals surface area contributed by atoms with Crippen molar-refractivity contribution in [2.75, 3.05) is 25.6 Å². The van der Waals surface area contributed by atoms with Gasteiger partial charge in [0.1, 0.15) is 0 Å². The minimum Gasteiger partial charge on any atom is -0.392 e. The van der Waals surface area contributed by atoms with Crippen molar-refractivity contribution in [1.29, 1.82) is 0 Å². The molecule has 2 unspecified atom stereocenters. The molecule has 2 N–H and O–H groups in total. The van der Waals surface area contributed by atoms with Gasteiger partial charge in [-0.25, -0.2) is 0 Å². The van der Waals surface area contributed by atoms with Crippen molar-refractivity contribution >= 4 is 28.8 Å². The molecular weight excluding hydrogens is 412 g/mol. The molecule has 2 heterocycles. The molecule has 1 aliphatic heterocycles. The second kappa shape index (κ2) is 9.43. The predicted molar refractivity (Wildman–Crippen MR) is 120 cm³/mol. The van der Waals surface area contributed by atoms with Crippen molar-refractivity contribution in [3.8, 4) is 0 Å². The first-order valence-electron chi connectivity index (χ1n) is 10.1. The van der Waals surface area contributed by atoms with E-state index < -0.39 is 12.0 Å². The Morgan fingerprint density at radius 1 is 1.16 bits per heavy atom. The molecule has 0 saturated carbocycles. The number of ether oxygens (including phenoxy) is 1. The second-order valence-corrected chi connectivity index (χ2v) is 8.34. The molecule has 31 heavy (non-hydrogen) atoms. The fourth-order valence-electron chi connectivity index (χ4n) is 4.05. The number of carbonyl (C=O) groups is 2. The highest BCUT2D eigenvalue weighted by Crippen LogP contribution is 2.44. The van der Waals surface area contributed by atoms with E-state index in [0.29, 0.717) is 30.0 Å². The van der Waals surface area contributed by atoms with E-state index in [1.54, 1.807) is 42.3 Å². The number of rotatable bonds is 7. The van der Waals surface area contributed by atoms with Crippen LogP contribution in [0.2, 0.25) is 0 Å². The third-order valence-corrected chi connectivity index (χ3v) is 6.41. The van der Waals surface area contributed by atoms with Gasteiger partial charge in [-0.05, 0) is 40.8 Å². The summed E-state index contributed by atoms with van der Waals surface area (Å²) in [5.41, 5.74) is 2.58. The minimum absolute atomic E-state index is 0.0997. The summed E-state index contributed by atoms with van der Waals surface area (Å²) in [4.78, 5) is 29.7. The Balaban J connectivity index is 1.78. The van der Waals surface area contributed by atoms with Crippen molar-refractivity contribution in [1.82, 2.24) is 4.90 Å². The molecule has 0 aliphatic carbocycles. The number of anilines is 1. The van der Waals surface area contributed by atoms with Crippen molar-refractivity contribution in [3.63, 3.8) is 0 Å². The van der Waals surface area contributed by atoms with Gasteiger partial charge in [0.05, 0.1) is 25.2 Å². The fourth-order valence-corrected chi connectivity index (χ4v) is 4.93. The van der Waals surface area contributed by atoms with Crippen LogP contribution >= 0.6 is 11.3 Å². The SMILES string of the molecule is COCCN1C(=O)c2ccccc2C(C(=O)Nc2cccc(CO)c2)C1c1cccs1. The zero-order valence-corrected chi connectivity index (χ0v) is 18.0. The number of thiophene rings is 1. The van der Waals surface area contributed by atoms with Gasteiger partial charge in [0, 0.05) is 29.8 Å². The van der Waals surface area contributed by atoms with Gasteiger partial charge in [0.2, 0.25) is 5.91 Å². The Kier molecular flexibility index (Phi) is 6.46. The summed E-state index contributed by atoms with van der Waals surface area (Å²) in [6, 6.07) is 17.9. The molecule has 1 aromatic heterocycles. The van der Waals surface area contributed by atoms with Crippen molar-refractivity contribution in [3.05, 3.63) is 87.6 Å². The molecule has 0 fully saturated rings. The first-order valence-corrected chi connectivity index (χ1v) is 10.9. The maximum absolute atomic E-state index is 13.6. The fraction of sp³-hybridized carbons (Fsp3) is 0.250. The standard InChI is InChI=1S/C24H24N2O4S/c1-30-12-11-26-22(20-10-5-13-31-20)21(18-8-2-3-9-19(18)24(26)29)23(28)25-17-7-4-6-16(14-17)15-27/h2-10,13-14,21-22,27H,11-12,15H2,1H3,(H,25,28). The van der Waals surface area contributed by atoms with Crippen LogP contribution in [0, 0.1) is 0 Å². The first kappa shape index (κ1) is 21.2. The number of aliphatic hydroxyl groups excluding tert-OH is 1. The predicted octanol–water partition coefficient (Wildman–Crippen LogP) is 3.81. The molecule has 160 valence electrons. The van der Waals surface area contributed by atoms with Crippen molar-refractivity contribution in [2.24, 2.45) is 0 Å². The van der Waals surface area contributed by atoms with Crippen LogP contribution in [-0.4, -0.2) is 42.1 Å². The Morgan fingerprint density at radius 3 is 2.74 bits per heavy atom. The average Bonchev–Trinajstić information content (AvgIpc) is 3.33. The molecular formula is C24H24N2O4S. The zero-order valence-electron chi connectivity index (χ0n) is 17.2. The summed E-state index contributed by atoms with van der Waals surface area (Å²) in [5, 5.41) is 14.4. The highest BCUT2D eigenvalue weighted by molar-refractivity contribution is 7.10. The number of aliphatic hydroxyl groups is 1. The van der Waals surface area contributed by atoms with Gasteiger partial charge >= 0.3 is 0 Å². The zero-order chi connectivity index (χ0) is 21.8. The van der Waals surface area contributed by atoms with Crippen LogP contribution in [-0.2, 0) is 16.1 Å². The van der Waals surface area contributed by atoms with E-state index in [0.717, 1.165) is 10.4 Å². The number of fused-ring (bicyclic) bond motifs is 1. The summed E-state index contributed by atoms with van der Waals surface area (Å²) in [6.45, 7) is 0.659. The van der Waals surface area contributed by atoms with E-state index in [1.165, 1.54) is 11.3 Å². The van der Waals surface area contributed by atoms with Crippen LogP contribution in [0.4, 0.5) is 5.69 Å². The number of nitrogens with one attached hydrogen (secondary N) is 1. The molecule has 1 aliphatic rings. The third-order valence-electron chi connectivity index (χ3n) is 5.47. The highest BCUT2D eigenvalue weighted by Gasteiger charge is 2.44. The molecule has 4 rings (SSSR count). The van der Waals surface area contributed by atoms with Gasteiger partial charge in [0.25, 0.3) is 5.91 Å². The quantitative estimate of drug-likeness (QED) is 0.590. The molecule has 2 amide bonds. The van der Waals surface area contributed by atoms with Crippen LogP contribution < -0.4 is 5.32 Å². The Bertz CT molecular complexity index is 1070. The number of hydrogen-bond donors (Lipinski definition) is 2. The van der Waals surface area contributed by atoms with Crippen LogP contribution in [0.15, 0.2) is 66.0 Å². The number of nitrogens with zero attached hydrogens (tertiary/aromatic N) is 1. The lowest BCUT2D eigenvalue weighted by molar-refractivity contribution is -0.119. The maximum atomic E-state index is 13.6. The summed E-state index contributed by atoms with van der Waals surface area (Å²) in [6.07, 6.45) is 0. The van der Waals surface area contributed by atoms with E-state index in [-0.39, 0.29) is 18.4 Å². The lowest BCUT2D eigenvalue weighted by atomic mass is 9.81. The molecule has 3 aromatic rings. The van der Waals surface area contributed by atoms with E-state index in [9.17, 15) is 14.7 Å². The summed E-state index contributed by atoms with van der Waals surface area (Å²) in [7, 11) is 1.60. The van der Waals surface area contributed by atoms with Crippen LogP contribution in [0.25, 0.3) is 0 Å². The summed E-state index contributed by atoms with van der Waals surface area (Å²) < 4.78 is 5.25. The molecule has 0 radical (unpaired) electrons. The van der Waals surface area contributed by atoms with E-state index >= 15 is 0 Å². The number of amides is 2. The van der Waals surface area contributed by atoms with Gasteiger partial charge in [-0.1, -0.05) is 36.4 Å². The van der Waals surface area contributed by atoms with Crippen LogP contribution in [0.3, 0.4) is 0 Å². The van der Waals surface area contributed by atoms with Gasteiger partial charge in [-0.15, -0.1) is 11.3 Å². The summed E-state index contributed by atoms with van der Waals surface area (Å²) in [5.74, 6) is -0.879. The lowest BCUT2D eigenvalue weighted by Crippen LogP contribution is -2.47. The second-order valence-electron chi connectivity index (χ2n) is 7.36. The maximum Gasteiger partial charge on any atom is 0.254 e. The molecule has 6 nitrogen and oxygen atoms in total. The third kappa shape index (κ3) is 4.25. The summed E-state index contributed by atoms with van der Waals surface area (Å²) >= 11 is 1.53. The van der Waals surface area contributed by atoms with Gasteiger partial charge in [-0.3, -0.25) is 9.59 Å². The Labute approximate surface area is 185 Å². The van der Waals surface area contributed by atoms with Crippen LogP contribution in [0.5, 0.6) is 0 Å². The number of carbonyl (C=O) groups excluding carboxylic acids is 2. The van der Waals surface area contributed by atoms with Crippen molar-refractivity contribution < 1.29 is 19.4 Å². The molecule has 2 aromatic carbocycles. The monoisotopic (exact) mass is 436 g/mol. The largest absolute Gasteiger partial charge is 0.392 e. The van der Waals surface area contributed by atoms with Gasteiger partial charge < -0.3 is 20.1 Å². The Hall–Kier alpha value is -3.00. The topological polar surface area (TPSA) is 78.9 Å². The van der Waals surface area contributed by atoms with Gasteiger partial charge in [0.15, 0.2) is 0 Å². The highest BCUT2D eigenvalue weighted by atomic mass is 32.1. The van der Waals surface area contributed by atoms with E-state index in [2.05, 4.69) is 5.32 Å².